The lowest BCUT2D eigenvalue weighted by Crippen LogP contribution is -2.07. The van der Waals surface area contributed by atoms with Crippen LogP contribution < -0.4 is 9.47 Å². The number of Topliss-reactive ketones (excluding diaryl/α,β-unsaturated/α-hetero) is 1. The molecule has 26 heavy (non-hydrogen) atoms. The Labute approximate surface area is 155 Å². The summed E-state index contributed by atoms with van der Waals surface area (Å²) in [5.41, 5.74) is 2.39. The molecule has 0 radical (unpaired) electrons. The first-order valence-electron chi connectivity index (χ1n) is 7.86. The zero-order valence-electron chi connectivity index (χ0n) is 14.7. The van der Waals surface area contributed by atoms with Crippen LogP contribution in [0.1, 0.15) is 15.9 Å². The van der Waals surface area contributed by atoms with E-state index in [2.05, 4.69) is 15.5 Å². The molecule has 134 valence electrons. The maximum absolute atomic E-state index is 12.7. The zero-order valence-corrected chi connectivity index (χ0v) is 15.5. The van der Waals surface area contributed by atoms with Crippen molar-refractivity contribution in [1.29, 1.82) is 0 Å². The molecule has 0 saturated heterocycles. The molecule has 0 fully saturated rings. The molecule has 1 aromatic heterocycles. The number of nitrogens with zero attached hydrogens (tertiary/aromatic N) is 4. The Balaban J connectivity index is 1.80. The van der Waals surface area contributed by atoms with Crippen molar-refractivity contribution in [3.63, 3.8) is 0 Å². The Bertz CT molecular complexity index is 926. The van der Waals surface area contributed by atoms with Crippen LogP contribution in [0, 0.1) is 6.92 Å². The first kappa shape index (κ1) is 17.9. The Kier molecular flexibility index (Phi) is 5.52. The summed E-state index contributed by atoms with van der Waals surface area (Å²) in [5, 5.41) is 12.4. The fraction of sp³-hybridized carbons (Fsp3) is 0.222. The summed E-state index contributed by atoms with van der Waals surface area (Å²) in [6, 6.07) is 12.9. The van der Waals surface area contributed by atoms with Gasteiger partial charge in [0.2, 0.25) is 5.16 Å². The minimum absolute atomic E-state index is 0.0925. The van der Waals surface area contributed by atoms with Gasteiger partial charge in [-0.2, -0.15) is 4.68 Å². The second-order valence-corrected chi connectivity index (χ2v) is 6.38. The van der Waals surface area contributed by atoms with Crippen LogP contribution in [-0.4, -0.2) is 46.0 Å². The first-order valence-corrected chi connectivity index (χ1v) is 8.85. The van der Waals surface area contributed by atoms with Crippen LogP contribution in [0.2, 0.25) is 0 Å². The summed E-state index contributed by atoms with van der Waals surface area (Å²) in [6.45, 7) is 1.98. The average Bonchev–Trinajstić information content (AvgIpc) is 3.14. The van der Waals surface area contributed by atoms with Gasteiger partial charge in [-0.15, -0.1) is 5.10 Å². The highest BCUT2D eigenvalue weighted by atomic mass is 32.2. The largest absolute Gasteiger partial charge is 0.497 e. The summed E-state index contributed by atoms with van der Waals surface area (Å²) in [6.07, 6.45) is 0. The van der Waals surface area contributed by atoms with E-state index in [9.17, 15) is 4.79 Å². The third-order valence-electron chi connectivity index (χ3n) is 3.82. The molecule has 2 aromatic carbocycles. The molecule has 0 aliphatic rings. The van der Waals surface area contributed by atoms with E-state index in [0.29, 0.717) is 22.2 Å². The minimum Gasteiger partial charge on any atom is -0.497 e. The van der Waals surface area contributed by atoms with E-state index in [4.69, 9.17) is 9.47 Å². The molecule has 0 amide bonds. The van der Waals surface area contributed by atoms with Gasteiger partial charge in [0.25, 0.3) is 0 Å². The number of benzene rings is 2. The van der Waals surface area contributed by atoms with Gasteiger partial charge < -0.3 is 9.47 Å². The van der Waals surface area contributed by atoms with Gasteiger partial charge in [-0.05, 0) is 47.2 Å². The average molecular weight is 370 g/mol. The number of hydrogen-bond acceptors (Lipinski definition) is 7. The van der Waals surface area contributed by atoms with Crippen LogP contribution >= 0.6 is 11.8 Å². The molecule has 1 heterocycles. The van der Waals surface area contributed by atoms with Crippen molar-refractivity contribution in [1.82, 2.24) is 20.2 Å². The van der Waals surface area contributed by atoms with Gasteiger partial charge in [-0.1, -0.05) is 30.0 Å². The summed E-state index contributed by atoms with van der Waals surface area (Å²) >= 11 is 1.27. The molecule has 0 unspecified atom stereocenters. The van der Waals surface area contributed by atoms with Crippen molar-refractivity contribution in [3.05, 3.63) is 53.6 Å². The standard InChI is InChI=1S/C18H18N4O3S/c1-12-6-4-5-7-15(12)22-18(19-20-21-22)26-11-16(23)14-10-13(24-2)8-9-17(14)25-3/h4-10H,11H2,1-3H3. The molecule has 3 aromatic rings. The van der Waals surface area contributed by atoms with Crippen molar-refractivity contribution < 1.29 is 14.3 Å². The molecule has 8 heteroatoms. The van der Waals surface area contributed by atoms with Crippen molar-refractivity contribution in [2.75, 3.05) is 20.0 Å². The lowest BCUT2D eigenvalue weighted by Gasteiger charge is -2.10. The third kappa shape index (κ3) is 3.70. The number of thioether (sulfide) groups is 1. The van der Waals surface area contributed by atoms with Crippen LogP contribution in [0.25, 0.3) is 5.69 Å². The van der Waals surface area contributed by atoms with Crippen LogP contribution in [0.4, 0.5) is 0 Å². The maximum atomic E-state index is 12.7. The summed E-state index contributed by atoms with van der Waals surface area (Å²) in [5.74, 6) is 1.19. The molecule has 0 atom stereocenters. The van der Waals surface area contributed by atoms with E-state index in [1.54, 1.807) is 30.0 Å². The van der Waals surface area contributed by atoms with Gasteiger partial charge >= 0.3 is 0 Å². The molecule has 0 bridgehead atoms. The number of rotatable bonds is 7. The van der Waals surface area contributed by atoms with Gasteiger partial charge in [0.15, 0.2) is 5.78 Å². The molecule has 0 aliphatic carbocycles. The number of ether oxygens (including phenoxy) is 2. The quantitative estimate of drug-likeness (QED) is 0.467. The molecule has 0 N–H and O–H groups in total. The monoisotopic (exact) mass is 370 g/mol. The zero-order chi connectivity index (χ0) is 18.5. The molecule has 7 nitrogen and oxygen atoms in total. The number of tetrazole rings is 1. The predicted octanol–water partition coefficient (Wildman–Crippen LogP) is 2.96. The lowest BCUT2D eigenvalue weighted by molar-refractivity contribution is 0.101. The molecular weight excluding hydrogens is 352 g/mol. The van der Waals surface area contributed by atoms with Crippen LogP contribution in [-0.2, 0) is 0 Å². The fourth-order valence-electron chi connectivity index (χ4n) is 2.46. The number of carbonyl (C=O) groups is 1. The maximum Gasteiger partial charge on any atom is 0.214 e. The van der Waals surface area contributed by atoms with Gasteiger partial charge in [0, 0.05) is 0 Å². The van der Waals surface area contributed by atoms with Crippen molar-refractivity contribution in [2.45, 2.75) is 12.1 Å². The predicted molar refractivity (Wildman–Crippen MR) is 98.5 cm³/mol. The number of carbonyl (C=O) groups excluding carboxylic acids is 1. The Morgan fingerprint density at radius 1 is 1.15 bits per heavy atom. The smallest absolute Gasteiger partial charge is 0.214 e. The van der Waals surface area contributed by atoms with E-state index in [1.807, 2.05) is 31.2 Å². The number of aryl methyl sites for hydroxylation is 1. The number of hydrogen-bond donors (Lipinski definition) is 0. The Morgan fingerprint density at radius 2 is 1.96 bits per heavy atom. The van der Waals surface area contributed by atoms with Crippen LogP contribution in [0.15, 0.2) is 47.6 Å². The van der Waals surface area contributed by atoms with Crippen LogP contribution in [0.5, 0.6) is 11.5 Å². The number of aromatic nitrogens is 4. The van der Waals surface area contributed by atoms with Gasteiger partial charge in [-0.3, -0.25) is 4.79 Å². The summed E-state index contributed by atoms with van der Waals surface area (Å²) < 4.78 is 12.1. The first-order chi connectivity index (χ1) is 12.6. The van der Waals surface area contributed by atoms with E-state index in [-0.39, 0.29) is 11.5 Å². The van der Waals surface area contributed by atoms with E-state index < -0.39 is 0 Å². The van der Waals surface area contributed by atoms with E-state index >= 15 is 0 Å². The fourth-order valence-corrected chi connectivity index (χ4v) is 3.23. The Hall–Kier alpha value is -2.87. The highest BCUT2D eigenvalue weighted by Crippen LogP contribution is 2.27. The van der Waals surface area contributed by atoms with Crippen molar-refractivity contribution >= 4 is 17.5 Å². The summed E-state index contributed by atoms with van der Waals surface area (Å²) in [4.78, 5) is 12.7. The van der Waals surface area contributed by atoms with Gasteiger partial charge in [-0.25, -0.2) is 0 Å². The van der Waals surface area contributed by atoms with Crippen molar-refractivity contribution in [3.8, 4) is 17.2 Å². The van der Waals surface area contributed by atoms with Gasteiger partial charge in [0.05, 0.1) is 31.2 Å². The molecule has 0 aliphatic heterocycles. The Morgan fingerprint density at radius 3 is 2.69 bits per heavy atom. The second kappa shape index (κ2) is 8.01. The molecule has 3 rings (SSSR count). The lowest BCUT2D eigenvalue weighted by atomic mass is 10.1. The SMILES string of the molecule is COc1ccc(OC)c(C(=O)CSc2nnnn2-c2ccccc2C)c1. The highest BCUT2D eigenvalue weighted by Gasteiger charge is 2.17. The summed E-state index contributed by atoms with van der Waals surface area (Å²) in [7, 11) is 3.09. The van der Waals surface area contributed by atoms with E-state index in [1.165, 1.54) is 18.9 Å². The number of methoxy groups -OCH3 is 2. The third-order valence-corrected chi connectivity index (χ3v) is 4.74. The minimum atomic E-state index is -0.0925. The highest BCUT2D eigenvalue weighted by molar-refractivity contribution is 7.99. The molecule has 0 saturated carbocycles. The van der Waals surface area contributed by atoms with E-state index in [0.717, 1.165) is 11.3 Å². The van der Waals surface area contributed by atoms with Gasteiger partial charge in [0.1, 0.15) is 11.5 Å². The molecular formula is C18H18N4O3S. The number of para-hydroxylation sites is 1. The normalized spacial score (nSPS) is 10.6. The second-order valence-electron chi connectivity index (χ2n) is 5.44. The van der Waals surface area contributed by atoms with Crippen LogP contribution in [0.3, 0.4) is 0 Å². The number of ketones is 1. The topological polar surface area (TPSA) is 79.1 Å². The van der Waals surface area contributed by atoms with Crippen molar-refractivity contribution in [2.24, 2.45) is 0 Å². The molecule has 0 spiro atoms.